The van der Waals surface area contributed by atoms with E-state index in [9.17, 15) is 4.39 Å². The van der Waals surface area contributed by atoms with Crippen molar-refractivity contribution in [2.24, 2.45) is 4.99 Å². The number of nitrogens with one attached hydrogen (secondary N) is 1. The van der Waals surface area contributed by atoms with Crippen molar-refractivity contribution in [2.45, 2.75) is 12.5 Å². The first-order chi connectivity index (χ1) is 13.8. The molecule has 2 heterocycles. The highest BCUT2D eigenvalue weighted by molar-refractivity contribution is 5.97. The molecular formula is C22H27FN4O. The second kappa shape index (κ2) is 8.71. The molecule has 6 heteroatoms. The van der Waals surface area contributed by atoms with Crippen LogP contribution in [0.25, 0.3) is 0 Å². The minimum Gasteiger partial charge on any atom is -0.379 e. The topological polar surface area (TPSA) is 40.1 Å². The number of ether oxygens (including phenoxy) is 1. The maximum atomic E-state index is 13.4. The molecule has 0 spiro atoms. The first-order valence-corrected chi connectivity index (χ1v) is 9.89. The third-order valence-corrected chi connectivity index (χ3v) is 5.55. The van der Waals surface area contributed by atoms with Gasteiger partial charge in [-0.15, -0.1) is 0 Å². The van der Waals surface area contributed by atoms with Gasteiger partial charge in [0.25, 0.3) is 0 Å². The van der Waals surface area contributed by atoms with Gasteiger partial charge in [0.15, 0.2) is 5.96 Å². The molecule has 0 aliphatic carbocycles. The van der Waals surface area contributed by atoms with Crippen molar-refractivity contribution in [2.75, 3.05) is 51.3 Å². The number of guanidine groups is 1. The van der Waals surface area contributed by atoms with Crippen molar-refractivity contribution in [1.82, 2.24) is 10.2 Å². The lowest BCUT2D eigenvalue weighted by molar-refractivity contribution is 0.0170. The van der Waals surface area contributed by atoms with Gasteiger partial charge in [0.2, 0.25) is 0 Å². The lowest BCUT2D eigenvalue weighted by Gasteiger charge is -2.35. The van der Waals surface area contributed by atoms with Gasteiger partial charge in [-0.1, -0.05) is 30.3 Å². The lowest BCUT2D eigenvalue weighted by Crippen LogP contribution is -2.47. The maximum absolute atomic E-state index is 13.4. The number of para-hydroxylation sites is 1. The van der Waals surface area contributed by atoms with Crippen LogP contribution in [-0.2, 0) is 11.2 Å². The molecule has 1 N–H and O–H groups in total. The summed E-state index contributed by atoms with van der Waals surface area (Å²) in [5, 5.41) is 3.56. The van der Waals surface area contributed by atoms with Crippen LogP contribution in [0.5, 0.6) is 0 Å². The summed E-state index contributed by atoms with van der Waals surface area (Å²) in [5.41, 5.74) is 3.68. The Hall–Kier alpha value is -2.44. The average Bonchev–Trinajstić information content (AvgIpc) is 3.17. The van der Waals surface area contributed by atoms with Gasteiger partial charge < -0.3 is 15.0 Å². The molecular weight excluding hydrogens is 355 g/mol. The molecule has 148 valence electrons. The molecule has 2 aliphatic heterocycles. The molecule has 0 saturated carbocycles. The second-order valence-electron chi connectivity index (χ2n) is 7.17. The summed E-state index contributed by atoms with van der Waals surface area (Å²) in [6, 6.07) is 15.4. The summed E-state index contributed by atoms with van der Waals surface area (Å²) in [6.45, 7) is 4.83. The van der Waals surface area contributed by atoms with Crippen molar-refractivity contribution in [3.8, 4) is 0 Å². The van der Waals surface area contributed by atoms with E-state index in [2.05, 4.69) is 44.4 Å². The van der Waals surface area contributed by atoms with Gasteiger partial charge in [-0.2, -0.15) is 0 Å². The van der Waals surface area contributed by atoms with Crippen molar-refractivity contribution in [3.63, 3.8) is 0 Å². The standard InChI is InChI=1S/C22H27FN4O/c1-24-22(27-11-10-17-4-2-3-5-20(17)27)25-16-21(26-12-14-28-15-13-26)18-6-8-19(23)9-7-18/h2-9,21H,10-16H2,1H3,(H,24,25). The fourth-order valence-electron chi connectivity index (χ4n) is 4.07. The van der Waals surface area contributed by atoms with Gasteiger partial charge in [-0.3, -0.25) is 9.89 Å². The molecule has 2 aromatic carbocycles. The number of benzene rings is 2. The summed E-state index contributed by atoms with van der Waals surface area (Å²) < 4.78 is 18.9. The van der Waals surface area contributed by atoms with Crippen LogP contribution in [0.3, 0.4) is 0 Å². The van der Waals surface area contributed by atoms with Crippen LogP contribution in [0.1, 0.15) is 17.2 Å². The van der Waals surface area contributed by atoms with E-state index in [1.165, 1.54) is 23.4 Å². The number of anilines is 1. The van der Waals surface area contributed by atoms with Gasteiger partial charge in [0, 0.05) is 38.9 Å². The summed E-state index contributed by atoms with van der Waals surface area (Å²) in [7, 11) is 1.82. The van der Waals surface area contributed by atoms with E-state index in [-0.39, 0.29) is 11.9 Å². The quantitative estimate of drug-likeness (QED) is 0.652. The van der Waals surface area contributed by atoms with Crippen LogP contribution in [0.15, 0.2) is 53.5 Å². The Balaban J connectivity index is 1.51. The van der Waals surface area contributed by atoms with E-state index in [1.807, 2.05) is 19.2 Å². The van der Waals surface area contributed by atoms with Crippen molar-refractivity contribution >= 4 is 11.6 Å². The molecule has 5 nitrogen and oxygen atoms in total. The first-order valence-electron chi connectivity index (χ1n) is 9.89. The van der Waals surface area contributed by atoms with E-state index < -0.39 is 0 Å². The Morgan fingerprint density at radius 2 is 1.86 bits per heavy atom. The number of halogens is 1. The molecule has 1 fully saturated rings. The molecule has 4 rings (SSSR count). The summed E-state index contributed by atoms with van der Waals surface area (Å²) >= 11 is 0. The number of rotatable bonds is 4. The third kappa shape index (κ3) is 4.03. The number of morpholine rings is 1. The van der Waals surface area contributed by atoms with Crippen LogP contribution < -0.4 is 10.2 Å². The summed E-state index contributed by atoms with van der Waals surface area (Å²) in [5.74, 6) is 0.673. The SMILES string of the molecule is CN=C(NCC(c1ccc(F)cc1)N1CCOCC1)N1CCc2ccccc21. The highest BCUT2D eigenvalue weighted by atomic mass is 19.1. The Morgan fingerprint density at radius 1 is 1.11 bits per heavy atom. The van der Waals surface area contributed by atoms with E-state index in [0.29, 0.717) is 6.54 Å². The van der Waals surface area contributed by atoms with Crippen LogP contribution in [0.2, 0.25) is 0 Å². The maximum Gasteiger partial charge on any atom is 0.198 e. The highest BCUT2D eigenvalue weighted by Crippen LogP contribution is 2.28. The Kier molecular flexibility index (Phi) is 5.88. The summed E-state index contributed by atoms with van der Waals surface area (Å²) in [4.78, 5) is 9.17. The monoisotopic (exact) mass is 382 g/mol. The molecule has 0 amide bonds. The van der Waals surface area contributed by atoms with E-state index in [1.54, 1.807) is 0 Å². The van der Waals surface area contributed by atoms with Crippen molar-refractivity contribution in [3.05, 3.63) is 65.5 Å². The fraction of sp³-hybridized carbons (Fsp3) is 0.409. The molecule has 2 aliphatic rings. The number of fused-ring (bicyclic) bond motifs is 1. The van der Waals surface area contributed by atoms with Gasteiger partial charge in [-0.05, 0) is 35.7 Å². The van der Waals surface area contributed by atoms with Crippen LogP contribution in [0.4, 0.5) is 10.1 Å². The van der Waals surface area contributed by atoms with Crippen LogP contribution >= 0.6 is 0 Å². The number of hydrogen-bond acceptors (Lipinski definition) is 3. The van der Waals surface area contributed by atoms with Gasteiger partial charge in [0.05, 0.1) is 19.3 Å². The zero-order valence-electron chi connectivity index (χ0n) is 16.3. The van der Waals surface area contributed by atoms with E-state index >= 15 is 0 Å². The van der Waals surface area contributed by atoms with Crippen molar-refractivity contribution < 1.29 is 9.13 Å². The Morgan fingerprint density at radius 3 is 2.61 bits per heavy atom. The normalized spacial score (nSPS) is 18.8. The molecule has 1 unspecified atom stereocenters. The third-order valence-electron chi connectivity index (χ3n) is 5.55. The van der Waals surface area contributed by atoms with E-state index in [0.717, 1.165) is 50.8 Å². The smallest absolute Gasteiger partial charge is 0.198 e. The minimum absolute atomic E-state index is 0.138. The average molecular weight is 382 g/mol. The Labute approximate surface area is 165 Å². The number of hydrogen-bond donors (Lipinski definition) is 1. The largest absolute Gasteiger partial charge is 0.379 e. The number of aliphatic imine (C=N–C) groups is 1. The molecule has 1 saturated heterocycles. The molecule has 1 atom stereocenters. The molecule has 0 bridgehead atoms. The van der Waals surface area contributed by atoms with Gasteiger partial charge >= 0.3 is 0 Å². The number of nitrogens with zero attached hydrogens (tertiary/aromatic N) is 3. The van der Waals surface area contributed by atoms with E-state index in [4.69, 9.17) is 4.74 Å². The predicted octanol–water partition coefficient (Wildman–Crippen LogP) is 2.84. The molecule has 0 radical (unpaired) electrons. The zero-order chi connectivity index (χ0) is 19.3. The van der Waals surface area contributed by atoms with Crippen LogP contribution in [0, 0.1) is 5.82 Å². The minimum atomic E-state index is -0.207. The van der Waals surface area contributed by atoms with Crippen molar-refractivity contribution in [1.29, 1.82) is 0 Å². The fourth-order valence-corrected chi connectivity index (χ4v) is 4.07. The zero-order valence-corrected chi connectivity index (χ0v) is 16.3. The summed E-state index contributed by atoms with van der Waals surface area (Å²) in [6.07, 6.45) is 1.03. The first kappa shape index (κ1) is 18.9. The second-order valence-corrected chi connectivity index (χ2v) is 7.17. The molecule has 0 aromatic heterocycles. The molecule has 2 aromatic rings. The lowest BCUT2D eigenvalue weighted by atomic mass is 10.0. The van der Waals surface area contributed by atoms with Gasteiger partial charge in [-0.25, -0.2) is 4.39 Å². The van der Waals surface area contributed by atoms with Gasteiger partial charge in [0.1, 0.15) is 5.82 Å². The molecule has 28 heavy (non-hydrogen) atoms. The predicted molar refractivity (Wildman–Crippen MR) is 110 cm³/mol. The Bertz CT molecular complexity index is 818. The van der Waals surface area contributed by atoms with Crippen LogP contribution in [-0.4, -0.2) is 57.3 Å². The highest BCUT2D eigenvalue weighted by Gasteiger charge is 2.26.